The van der Waals surface area contributed by atoms with Crippen LogP contribution in [0.5, 0.6) is 11.5 Å². The highest BCUT2D eigenvalue weighted by Crippen LogP contribution is 2.21. The second kappa shape index (κ2) is 7.40. The van der Waals surface area contributed by atoms with Crippen LogP contribution < -0.4 is 10.3 Å². The third kappa shape index (κ3) is 3.25. The molecule has 4 rings (SSSR count). The lowest BCUT2D eigenvalue weighted by Crippen LogP contribution is -2.22. The number of fused-ring (bicyclic) bond motifs is 1. The van der Waals surface area contributed by atoms with Crippen molar-refractivity contribution in [2.24, 2.45) is 0 Å². The molecular weight excluding hydrogens is 352 g/mol. The second-order valence-corrected chi connectivity index (χ2v) is 6.22. The SMILES string of the molecule is COc1cccc(-n2c(/C=C\c3ccccc3O)nc3ccccc3c2=O)c1. The summed E-state index contributed by atoms with van der Waals surface area (Å²) in [5.41, 5.74) is 1.74. The summed E-state index contributed by atoms with van der Waals surface area (Å²) in [4.78, 5) is 17.9. The van der Waals surface area contributed by atoms with Crippen molar-refractivity contribution in [3.05, 3.63) is 94.5 Å². The van der Waals surface area contributed by atoms with Gasteiger partial charge in [0.05, 0.1) is 23.7 Å². The number of hydrogen-bond acceptors (Lipinski definition) is 4. The molecule has 0 radical (unpaired) electrons. The fraction of sp³-hybridized carbons (Fsp3) is 0.0435. The first-order valence-electron chi connectivity index (χ1n) is 8.79. The Labute approximate surface area is 161 Å². The van der Waals surface area contributed by atoms with Crippen LogP contribution in [0.25, 0.3) is 28.7 Å². The van der Waals surface area contributed by atoms with Crippen LogP contribution in [0.4, 0.5) is 0 Å². The van der Waals surface area contributed by atoms with E-state index < -0.39 is 0 Å². The number of benzene rings is 3. The first-order chi connectivity index (χ1) is 13.7. The Bertz CT molecular complexity index is 1240. The van der Waals surface area contributed by atoms with Gasteiger partial charge in [0.1, 0.15) is 17.3 Å². The van der Waals surface area contributed by atoms with Gasteiger partial charge in [-0.1, -0.05) is 36.4 Å². The Hall–Kier alpha value is -3.86. The molecule has 4 aromatic rings. The third-order valence-corrected chi connectivity index (χ3v) is 4.46. The average molecular weight is 370 g/mol. The Morgan fingerprint density at radius 3 is 2.57 bits per heavy atom. The van der Waals surface area contributed by atoms with E-state index in [4.69, 9.17) is 4.74 Å². The molecule has 138 valence electrons. The zero-order chi connectivity index (χ0) is 19.5. The van der Waals surface area contributed by atoms with Crippen LogP contribution in [0.2, 0.25) is 0 Å². The molecule has 0 aliphatic carbocycles. The Morgan fingerprint density at radius 1 is 0.964 bits per heavy atom. The Balaban J connectivity index is 1.96. The number of phenols is 1. The number of hydrogen-bond donors (Lipinski definition) is 1. The van der Waals surface area contributed by atoms with Crippen LogP contribution in [0.15, 0.2) is 77.6 Å². The molecule has 1 N–H and O–H groups in total. The van der Waals surface area contributed by atoms with Gasteiger partial charge in [0.2, 0.25) is 0 Å². The average Bonchev–Trinajstić information content (AvgIpc) is 2.73. The van der Waals surface area contributed by atoms with Crippen molar-refractivity contribution in [1.82, 2.24) is 9.55 Å². The number of methoxy groups -OCH3 is 1. The quantitative estimate of drug-likeness (QED) is 0.583. The molecule has 5 heteroatoms. The van der Waals surface area contributed by atoms with Gasteiger partial charge in [-0.2, -0.15) is 0 Å². The largest absolute Gasteiger partial charge is 0.507 e. The smallest absolute Gasteiger partial charge is 0.266 e. The maximum Gasteiger partial charge on any atom is 0.266 e. The minimum absolute atomic E-state index is 0.162. The molecule has 5 nitrogen and oxygen atoms in total. The second-order valence-electron chi connectivity index (χ2n) is 6.22. The molecule has 0 spiro atoms. The molecular formula is C23H18N2O3. The normalized spacial score (nSPS) is 11.2. The zero-order valence-electron chi connectivity index (χ0n) is 15.2. The van der Waals surface area contributed by atoms with Crippen molar-refractivity contribution >= 4 is 23.1 Å². The molecule has 28 heavy (non-hydrogen) atoms. The molecule has 0 amide bonds. The van der Waals surface area contributed by atoms with E-state index in [9.17, 15) is 9.90 Å². The fourth-order valence-corrected chi connectivity index (χ4v) is 3.05. The van der Waals surface area contributed by atoms with Gasteiger partial charge in [0.25, 0.3) is 5.56 Å². The maximum atomic E-state index is 13.2. The predicted molar refractivity (Wildman–Crippen MR) is 111 cm³/mol. The van der Waals surface area contributed by atoms with Crippen molar-refractivity contribution in [2.75, 3.05) is 7.11 Å². The molecule has 3 aromatic carbocycles. The summed E-state index contributed by atoms with van der Waals surface area (Å²) in [6, 6.07) is 21.5. The first kappa shape index (κ1) is 17.5. The summed E-state index contributed by atoms with van der Waals surface area (Å²) in [6.07, 6.45) is 3.46. The monoisotopic (exact) mass is 370 g/mol. The lowest BCUT2D eigenvalue weighted by molar-refractivity contribution is 0.414. The number of para-hydroxylation sites is 2. The number of rotatable bonds is 4. The topological polar surface area (TPSA) is 64.3 Å². The van der Waals surface area contributed by atoms with Crippen molar-refractivity contribution in [3.8, 4) is 17.2 Å². The number of aromatic nitrogens is 2. The number of aromatic hydroxyl groups is 1. The number of nitrogens with zero attached hydrogens (tertiary/aromatic N) is 2. The molecule has 0 aliphatic rings. The Kier molecular flexibility index (Phi) is 4.64. The van der Waals surface area contributed by atoms with Gasteiger partial charge < -0.3 is 9.84 Å². The third-order valence-electron chi connectivity index (χ3n) is 4.46. The molecule has 0 saturated carbocycles. The van der Waals surface area contributed by atoms with Gasteiger partial charge >= 0.3 is 0 Å². The van der Waals surface area contributed by atoms with E-state index in [1.54, 1.807) is 54.2 Å². The summed E-state index contributed by atoms with van der Waals surface area (Å²) in [7, 11) is 1.58. The van der Waals surface area contributed by atoms with Crippen molar-refractivity contribution in [2.45, 2.75) is 0 Å². The minimum Gasteiger partial charge on any atom is -0.507 e. The van der Waals surface area contributed by atoms with Crippen LogP contribution in [0.3, 0.4) is 0 Å². The standard InChI is InChI=1S/C23H18N2O3/c1-28-18-9-6-8-17(15-18)25-22(14-13-16-7-2-5-12-21(16)26)24-20-11-4-3-10-19(20)23(25)27/h2-15,26H,1H3/b14-13-. The fourth-order valence-electron chi connectivity index (χ4n) is 3.05. The van der Waals surface area contributed by atoms with Crippen LogP contribution in [0, 0.1) is 0 Å². The number of ether oxygens (including phenoxy) is 1. The van der Waals surface area contributed by atoms with Crippen molar-refractivity contribution < 1.29 is 9.84 Å². The summed E-state index contributed by atoms with van der Waals surface area (Å²) < 4.78 is 6.84. The van der Waals surface area contributed by atoms with Gasteiger partial charge in [-0.25, -0.2) is 4.98 Å². The summed E-state index contributed by atoms with van der Waals surface area (Å²) in [5, 5.41) is 10.5. The van der Waals surface area contributed by atoms with E-state index in [1.807, 2.05) is 42.5 Å². The zero-order valence-corrected chi connectivity index (χ0v) is 15.2. The molecule has 0 bridgehead atoms. The van der Waals surface area contributed by atoms with E-state index in [0.29, 0.717) is 33.7 Å². The van der Waals surface area contributed by atoms with Gasteiger partial charge in [-0.3, -0.25) is 9.36 Å². The van der Waals surface area contributed by atoms with Crippen LogP contribution >= 0.6 is 0 Å². The lowest BCUT2D eigenvalue weighted by atomic mass is 10.2. The molecule has 1 heterocycles. The Morgan fingerprint density at radius 2 is 1.75 bits per heavy atom. The van der Waals surface area contributed by atoms with Crippen LogP contribution in [-0.2, 0) is 0 Å². The van der Waals surface area contributed by atoms with Crippen LogP contribution in [-0.4, -0.2) is 21.8 Å². The van der Waals surface area contributed by atoms with Crippen molar-refractivity contribution in [3.63, 3.8) is 0 Å². The summed E-state index contributed by atoms with van der Waals surface area (Å²) in [6.45, 7) is 0. The summed E-state index contributed by atoms with van der Waals surface area (Å²) in [5.74, 6) is 1.27. The maximum absolute atomic E-state index is 13.2. The van der Waals surface area contributed by atoms with Gasteiger partial charge in [-0.05, 0) is 42.5 Å². The van der Waals surface area contributed by atoms with E-state index in [-0.39, 0.29) is 11.3 Å². The van der Waals surface area contributed by atoms with E-state index in [2.05, 4.69) is 4.98 Å². The highest BCUT2D eigenvalue weighted by atomic mass is 16.5. The van der Waals surface area contributed by atoms with Gasteiger partial charge in [0.15, 0.2) is 0 Å². The predicted octanol–water partition coefficient (Wildman–Crippen LogP) is 4.27. The molecule has 0 unspecified atom stereocenters. The number of phenolic OH excluding ortho intramolecular Hbond substituents is 1. The first-order valence-corrected chi connectivity index (χ1v) is 8.79. The van der Waals surface area contributed by atoms with E-state index in [1.165, 1.54) is 0 Å². The van der Waals surface area contributed by atoms with Gasteiger partial charge in [-0.15, -0.1) is 0 Å². The van der Waals surface area contributed by atoms with E-state index in [0.717, 1.165) is 0 Å². The summed E-state index contributed by atoms with van der Waals surface area (Å²) >= 11 is 0. The molecule has 0 aliphatic heterocycles. The molecule has 0 fully saturated rings. The highest BCUT2D eigenvalue weighted by Gasteiger charge is 2.11. The van der Waals surface area contributed by atoms with Crippen LogP contribution in [0.1, 0.15) is 11.4 Å². The van der Waals surface area contributed by atoms with E-state index >= 15 is 0 Å². The minimum atomic E-state index is -0.171. The van der Waals surface area contributed by atoms with Gasteiger partial charge in [0, 0.05) is 11.6 Å². The molecule has 1 aromatic heterocycles. The lowest BCUT2D eigenvalue weighted by Gasteiger charge is -2.12. The molecule has 0 saturated heterocycles. The highest BCUT2D eigenvalue weighted by molar-refractivity contribution is 5.80. The molecule has 0 atom stereocenters. The van der Waals surface area contributed by atoms with Crippen molar-refractivity contribution in [1.29, 1.82) is 0 Å².